The lowest BCUT2D eigenvalue weighted by atomic mass is 9.93. The quantitative estimate of drug-likeness (QED) is 0.185. The van der Waals surface area contributed by atoms with Crippen LogP contribution in [-0.4, -0.2) is 106 Å². The molecule has 2 aliphatic heterocycles. The summed E-state index contributed by atoms with van der Waals surface area (Å²) in [5.74, 6) is -1.14. The highest BCUT2D eigenvalue weighted by Gasteiger charge is 2.47. The van der Waals surface area contributed by atoms with E-state index in [1.807, 2.05) is 35.2 Å². The minimum Gasteiger partial charge on any atom is -0.454 e. The van der Waals surface area contributed by atoms with Crippen molar-refractivity contribution < 1.29 is 41.0 Å². The summed E-state index contributed by atoms with van der Waals surface area (Å²) in [6, 6.07) is 12.0. The number of benzene rings is 2. The second-order valence-corrected chi connectivity index (χ2v) is 18.2. The Balaban J connectivity index is 1.59. The number of nitrogens with one attached hydrogen (secondary N) is 3. The predicted octanol–water partition coefficient (Wildman–Crippen LogP) is 1.40. The SMILES string of the molecule is CCC(Cc1ccccc1)(NC[C@@](C)(O)CS(=O)(=O)c1ccc2c(c1)OCO2)NC(=O)[C@H](NC(=O)CN1CCCC1)C(C)(C)S(C)(=O)=O. The maximum Gasteiger partial charge on any atom is 0.245 e. The molecule has 48 heavy (non-hydrogen) atoms. The number of rotatable bonds is 16. The average molecular weight is 709 g/mol. The average Bonchev–Trinajstić information content (AvgIpc) is 3.70. The van der Waals surface area contributed by atoms with Crippen molar-refractivity contribution in [3.05, 3.63) is 54.1 Å². The zero-order valence-electron chi connectivity index (χ0n) is 28.2. The van der Waals surface area contributed by atoms with Crippen molar-refractivity contribution >= 4 is 31.5 Å². The molecule has 0 radical (unpaired) electrons. The van der Waals surface area contributed by atoms with Gasteiger partial charge in [0.1, 0.15) is 6.04 Å². The van der Waals surface area contributed by atoms with E-state index in [4.69, 9.17) is 9.47 Å². The van der Waals surface area contributed by atoms with Crippen LogP contribution in [0.5, 0.6) is 11.5 Å². The standard InChI is InChI=1S/C33H48N4O9S2/c1-6-33(19-24-12-8-7-9-13-24,34-21-32(4,40)22-48(43,44)25-14-15-26-27(18-25)46-23-45-26)36-30(39)29(31(2,3)47(5,41)42)35-28(38)20-37-16-10-11-17-37/h7-9,12-15,18,29,34,40H,6,10-11,16-17,19-23H2,1-5H3,(H,35,38)(H,36,39)/t29-,32+,33?/m0/s1. The van der Waals surface area contributed by atoms with Crippen LogP contribution in [0, 0.1) is 0 Å². The molecule has 0 aliphatic carbocycles. The molecular formula is C33H48N4O9S2. The zero-order valence-corrected chi connectivity index (χ0v) is 29.9. The van der Waals surface area contributed by atoms with Crippen LogP contribution in [0.25, 0.3) is 0 Å². The Morgan fingerprint density at radius 2 is 1.62 bits per heavy atom. The van der Waals surface area contributed by atoms with Crippen molar-refractivity contribution in [2.45, 2.75) is 80.3 Å². The molecule has 2 aliphatic rings. The third-order valence-corrected chi connectivity index (χ3v) is 13.2. The van der Waals surface area contributed by atoms with E-state index in [9.17, 15) is 31.5 Å². The number of nitrogens with zero attached hydrogens (tertiary/aromatic N) is 1. The molecule has 15 heteroatoms. The molecule has 0 spiro atoms. The molecule has 2 amide bonds. The third-order valence-electron chi connectivity index (χ3n) is 9.11. The molecule has 13 nitrogen and oxygen atoms in total. The van der Waals surface area contributed by atoms with Gasteiger partial charge in [-0.2, -0.15) is 0 Å². The first kappa shape index (κ1) is 37.6. The summed E-state index contributed by atoms with van der Waals surface area (Å²) in [5.41, 5.74) is -2.28. The van der Waals surface area contributed by atoms with Crippen LogP contribution < -0.4 is 25.4 Å². The molecule has 3 atom stereocenters. The van der Waals surface area contributed by atoms with Gasteiger partial charge >= 0.3 is 0 Å². The summed E-state index contributed by atoms with van der Waals surface area (Å²) in [6.45, 7) is 7.20. The second-order valence-electron chi connectivity index (χ2n) is 13.6. The summed E-state index contributed by atoms with van der Waals surface area (Å²) >= 11 is 0. The van der Waals surface area contributed by atoms with Gasteiger partial charge < -0.3 is 25.2 Å². The number of aliphatic hydroxyl groups is 1. The molecule has 1 unspecified atom stereocenters. The van der Waals surface area contributed by atoms with Crippen LogP contribution in [0.1, 0.15) is 52.5 Å². The lowest BCUT2D eigenvalue weighted by molar-refractivity contribution is -0.131. The van der Waals surface area contributed by atoms with E-state index in [1.54, 1.807) is 6.92 Å². The number of likely N-dealkylation sites (tertiary alicyclic amines) is 1. The maximum absolute atomic E-state index is 14.2. The van der Waals surface area contributed by atoms with Crippen LogP contribution in [-0.2, 0) is 35.7 Å². The molecular weight excluding hydrogens is 661 g/mol. The lowest BCUT2D eigenvalue weighted by Gasteiger charge is -2.41. The van der Waals surface area contributed by atoms with Crippen LogP contribution in [0.3, 0.4) is 0 Å². The highest BCUT2D eigenvalue weighted by molar-refractivity contribution is 7.92. The molecule has 0 saturated carbocycles. The highest BCUT2D eigenvalue weighted by Crippen LogP contribution is 2.34. The number of amides is 2. The molecule has 4 rings (SSSR count). The van der Waals surface area contributed by atoms with Gasteiger partial charge in [-0.1, -0.05) is 37.3 Å². The predicted molar refractivity (Wildman–Crippen MR) is 181 cm³/mol. The molecule has 0 bridgehead atoms. The Morgan fingerprint density at radius 1 is 0.979 bits per heavy atom. The van der Waals surface area contributed by atoms with Gasteiger partial charge in [-0.05, 0) is 70.8 Å². The summed E-state index contributed by atoms with van der Waals surface area (Å²) in [7, 11) is -7.86. The molecule has 4 N–H and O–H groups in total. The fourth-order valence-corrected chi connectivity index (χ4v) is 8.08. The van der Waals surface area contributed by atoms with Gasteiger partial charge in [0, 0.05) is 25.3 Å². The van der Waals surface area contributed by atoms with E-state index in [-0.39, 0.29) is 37.6 Å². The molecule has 1 saturated heterocycles. The monoisotopic (exact) mass is 708 g/mol. The zero-order chi connectivity index (χ0) is 35.4. The van der Waals surface area contributed by atoms with Gasteiger partial charge in [0.05, 0.1) is 33.2 Å². The number of carbonyl (C=O) groups excluding carboxylic acids is 2. The third kappa shape index (κ3) is 9.26. The number of hydrogen-bond donors (Lipinski definition) is 4. The molecule has 266 valence electrons. The van der Waals surface area contributed by atoms with E-state index in [1.165, 1.54) is 39.0 Å². The Labute approximate surface area is 283 Å². The van der Waals surface area contributed by atoms with E-state index >= 15 is 0 Å². The molecule has 1 fully saturated rings. The maximum atomic E-state index is 14.2. The normalized spacial score (nSPS) is 18.5. The summed E-state index contributed by atoms with van der Waals surface area (Å²) < 4.78 is 61.6. The Hall–Kier alpha value is -3.24. The summed E-state index contributed by atoms with van der Waals surface area (Å²) in [4.78, 5) is 29.2. The van der Waals surface area contributed by atoms with E-state index in [0.717, 1.165) is 37.8 Å². The van der Waals surface area contributed by atoms with Crippen molar-refractivity contribution in [3.8, 4) is 11.5 Å². The second kappa shape index (κ2) is 14.7. The molecule has 2 aromatic rings. The summed E-state index contributed by atoms with van der Waals surface area (Å²) in [5, 5.41) is 20.3. The smallest absolute Gasteiger partial charge is 0.245 e. The number of carbonyl (C=O) groups is 2. The number of ether oxygens (including phenoxy) is 2. The lowest BCUT2D eigenvalue weighted by Crippen LogP contribution is -2.69. The minimum atomic E-state index is -4.00. The fraction of sp³-hybridized carbons (Fsp3) is 0.576. The molecule has 0 aromatic heterocycles. The van der Waals surface area contributed by atoms with E-state index in [2.05, 4.69) is 16.0 Å². The van der Waals surface area contributed by atoms with Gasteiger partial charge in [-0.3, -0.25) is 19.8 Å². The van der Waals surface area contributed by atoms with Crippen LogP contribution >= 0.6 is 0 Å². The number of hydrogen-bond acceptors (Lipinski definition) is 11. The van der Waals surface area contributed by atoms with Gasteiger partial charge in [0.2, 0.25) is 18.6 Å². The number of fused-ring (bicyclic) bond motifs is 1. The van der Waals surface area contributed by atoms with Gasteiger partial charge in [-0.25, -0.2) is 16.8 Å². The van der Waals surface area contributed by atoms with Crippen molar-refractivity contribution in [1.82, 2.24) is 20.9 Å². The highest BCUT2D eigenvalue weighted by atomic mass is 32.2. The topological polar surface area (TPSA) is 180 Å². The van der Waals surface area contributed by atoms with Crippen molar-refractivity contribution in [3.63, 3.8) is 0 Å². The molecule has 2 heterocycles. The minimum absolute atomic E-state index is 0.0168. The van der Waals surface area contributed by atoms with E-state index in [0.29, 0.717) is 11.5 Å². The first-order chi connectivity index (χ1) is 22.4. The van der Waals surface area contributed by atoms with Crippen LogP contribution in [0.15, 0.2) is 53.4 Å². The first-order valence-corrected chi connectivity index (χ1v) is 19.6. The van der Waals surface area contributed by atoms with Gasteiger partial charge in [0.15, 0.2) is 31.2 Å². The van der Waals surface area contributed by atoms with Crippen molar-refractivity contribution in [2.75, 3.05) is 45.0 Å². The Morgan fingerprint density at radius 3 is 2.25 bits per heavy atom. The summed E-state index contributed by atoms with van der Waals surface area (Å²) in [6.07, 6.45) is 3.39. The first-order valence-electron chi connectivity index (χ1n) is 16.0. The van der Waals surface area contributed by atoms with Crippen molar-refractivity contribution in [1.29, 1.82) is 0 Å². The Kier molecular flexibility index (Phi) is 11.5. The van der Waals surface area contributed by atoms with Crippen LogP contribution in [0.4, 0.5) is 0 Å². The van der Waals surface area contributed by atoms with Gasteiger partial charge in [0.25, 0.3) is 0 Å². The number of sulfone groups is 2. The largest absolute Gasteiger partial charge is 0.454 e. The van der Waals surface area contributed by atoms with Crippen LogP contribution in [0.2, 0.25) is 0 Å². The van der Waals surface area contributed by atoms with E-state index < -0.39 is 59.3 Å². The molecule has 2 aromatic carbocycles. The Bertz CT molecular complexity index is 1680. The fourth-order valence-electron chi connectivity index (χ4n) is 5.83. The van der Waals surface area contributed by atoms with Crippen molar-refractivity contribution in [2.24, 2.45) is 0 Å². The van der Waals surface area contributed by atoms with Gasteiger partial charge in [-0.15, -0.1) is 0 Å².